The lowest BCUT2D eigenvalue weighted by Gasteiger charge is -2.21. The minimum absolute atomic E-state index is 0.210. The van der Waals surface area contributed by atoms with Crippen molar-refractivity contribution in [3.05, 3.63) is 72.4 Å². The third-order valence-corrected chi connectivity index (χ3v) is 6.34. The van der Waals surface area contributed by atoms with Gasteiger partial charge in [-0.15, -0.1) is 0 Å². The number of fused-ring (bicyclic) bond motifs is 1. The molecule has 0 unspecified atom stereocenters. The second kappa shape index (κ2) is 10.7. The number of imidazole rings is 1. The van der Waals surface area contributed by atoms with E-state index >= 15 is 0 Å². The van der Waals surface area contributed by atoms with E-state index in [2.05, 4.69) is 27.1 Å². The smallest absolute Gasteiger partial charge is 0.299 e. The maximum atomic E-state index is 12.9. The summed E-state index contributed by atoms with van der Waals surface area (Å²) in [5, 5.41) is 2.78. The number of nitrogen functional groups attached to an aromatic ring is 1. The SMILES string of the molecule is CN(C)CC#CC(=O)N1CCC[C@H]1c1nc(-c2ccc(C(=O)Nc3ccccn3)cc2)c2c(N)nccn12. The summed E-state index contributed by atoms with van der Waals surface area (Å²) in [6, 6.07) is 12.2. The van der Waals surface area contributed by atoms with Crippen LogP contribution in [-0.2, 0) is 4.79 Å². The topological polar surface area (TPSA) is 122 Å². The number of nitrogens with zero attached hydrogens (tertiary/aromatic N) is 6. The number of pyridine rings is 1. The second-order valence-corrected chi connectivity index (χ2v) is 9.29. The van der Waals surface area contributed by atoms with E-state index in [-0.39, 0.29) is 17.9 Å². The molecule has 0 aliphatic carbocycles. The van der Waals surface area contributed by atoms with E-state index in [1.165, 1.54) is 0 Å². The van der Waals surface area contributed by atoms with E-state index in [4.69, 9.17) is 10.7 Å². The first kappa shape index (κ1) is 24.9. The highest BCUT2D eigenvalue weighted by Gasteiger charge is 2.33. The maximum Gasteiger partial charge on any atom is 0.299 e. The molecule has 0 bridgehead atoms. The van der Waals surface area contributed by atoms with Crippen LogP contribution < -0.4 is 11.1 Å². The Labute approximate surface area is 220 Å². The van der Waals surface area contributed by atoms with Gasteiger partial charge in [0.05, 0.1) is 12.6 Å². The zero-order valence-electron chi connectivity index (χ0n) is 21.3. The molecule has 1 aliphatic heterocycles. The molecule has 2 amide bonds. The van der Waals surface area contributed by atoms with E-state index < -0.39 is 0 Å². The Morgan fingerprint density at radius 1 is 1.13 bits per heavy atom. The molecule has 1 aliphatic rings. The Morgan fingerprint density at radius 2 is 1.95 bits per heavy atom. The number of carbonyl (C=O) groups excluding carboxylic acids is 2. The van der Waals surface area contributed by atoms with Gasteiger partial charge >= 0.3 is 0 Å². The number of benzene rings is 1. The quantitative estimate of drug-likeness (QED) is 0.398. The fourth-order valence-electron chi connectivity index (χ4n) is 4.55. The van der Waals surface area contributed by atoms with Crippen molar-refractivity contribution in [3.63, 3.8) is 0 Å². The molecular weight excluding hydrogens is 480 g/mol. The summed E-state index contributed by atoms with van der Waals surface area (Å²) in [5.74, 6) is 6.75. The van der Waals surface area contributed by atoms with Gasteiger partial charge in [0, 0.05) is 36.3 Å². The molecule has 10 nitrogen and oxygen atoms in total. The normalized spacial score (nSPS) is 14.9. The molecule has 1 aromatic carbocycles. The minimum Gasteiger partial charge on any atom is -0.382 e. The van der Waals surface area contributed by atoms with Crippen LogP contribution >= 0.6 is 0 Å². The number of amides is 2. The molecule has 3 N–H and O–H groups in total. The first-order valence-electron chi connectivity index (χ1n) is 12.3. The van der Waals surface area contributed by atoms with Crippen LogP contribution in [0.25, 0.3) is 16.8 Å². The van der Waals surface area contributed by atoms with Gasteiger partial charge in [0.1, 0.15) is 28.7 Å². The number of anilines is 2. The van der Waals surface area contributed by atoms with Crippen molar-refractivity contribution in [1.29, 1.82) is 0 Å². The van der Waals surface area contributed by atoms with Crippen LogP contribution in [0.2, 0.25) is 0 Å². The Hall–Kier alpha value is -4.75. The van der Waals surface area contributed by atoms with Crippen LogP contribution in [0.4, 0.5) is 11.6 Å². The lowest BCUT2D eigenvalue weighted by atomic mass is 10.1. The molecule has 38 heavy (non-hydrogen) atoms. The highest BCUT2D eigenvalue weighted by molar-refractivity contribution is 6.04. The first-order chi connectivity index (χ1) is 18.4. The molecule has 0 saturated carbocycles. The molecule has 192 valence electrons. The van der Waals surface area contributed by atoms with Crippen molar-refractivity contribution < 1.29 is 9.59 Å². The van der Waals surface area contributed by atoms with E-state index in [0.717, 1.165) is 18.4 Å². The molecule has 1 fully saturated rings. The van der Waals surface area contributed by atoms with Gasteiger partial charge in [0.15, 0.2) is 0 Å². The van der Waals surface area contributed by atoms with E-state index in [9.17, 15) is 9.59 Å². The standard InChI is InChI=1S/C28H28N8O2/c1-34(2)16-6-9-23(37)35-17-5-7-21(35)27-33-24(25-26(29)31-15-18-36(25)27)19-10-12-20(13-11-19)28(38)32-22-8-3-4-14-30-22/h3-4,8,10-15,18,21H,5,7,16-17H2,1-2H3,(H2,29,31)(H,30,32,38)/t21-/m0/s1. The average molecular weight is 509 g/mol. The van der Waals surface area contributed by atoms with Gasteiger partial charge in [0.2, 0.25) is 0 Å². The predicted molar refractivity (Wildman–Crippen MR) is 145 cm³/mol. The molecular formula is C28H28N8O2. The van der Waals surface area contributed by atoms with Gasteiger partial charge in [0.25, 0.3) is 11.8 Å². The number of nitrogens with one attached hydrogen (secondary N) is 1. The number of aromatic nitrogens is 4. The molecule has 0 spiro atoms. The van der Waals surface area contributed by atoms with Crippen LogP contribution in [-0.4, -0.2) is 68.2 Å². The van der Waals surface area contributed by atoms with Crippen molar-refractivity contribution in [2.24, 2.45) is 0 Å². The van der Waals surface area contributed by atoms with Gasteiger partial charge in [-0.25, -0.2) is 15.0 Å². The van der Waals surface area contributed by atoms with Gasteiger partial charge in [-0.1, -0.05) is 24.1 Å². The highest BCUT2D eigenvalue weighted by atomic mass is 16.2. The van der Waals surface area contributed by atoms with Crippen molar-refractivity contribution in [1.82, 2.24) is 29.2 Å². The lowest BCUT2D eigenvalue weighted by Crippen LogP contribution is -2.30. The Kier molecular flexibility index (Phi) is 7.02. The van der Waals surface area contributed by atoms with Crippen LogP contribution in [0.3, 0.4) is 0 Å². The second-order valence-electron chi connectivity index (χ2n) is 9.29. The Balaban J connectivity index is 1.46. The molecule has 3 aromatic heterocycles. The summed E-state index contributed by atoms with van der Waals surface area (Å²) >= 11 is 0. The van der Waals surface area contributed by atoms with E-state index in [1.807, 2.05) is 41.7 Å². The highest BCUT2D eigenvalue weighted by Crippen LogP contribution is 2.36. The zero-order chi connectivity index (χ0) is 26.6. The molecule has 1 atom stereocenters. The summed E-state index contributed by atoms with van der Waals surface area (Å²) < 4.78 is 1.91. The fraction of sp³-hybridized carbons (Fsp3) is 0.250. The number of likely N-dealkylation sites (tertiary alicyclic amines) is 1. The van der Waals surface area contributed by atoms with Crippen molar-refractivity contribution >= 4 is 29.0 Å². The van der Waals surface area contributed by atoms with Crippen molar-refractivity contribution in [3.8, 4) is 23.1 Å². The number of nitrogens with two attached hydrogens (primary N) is 1. The molecule has 4 aromatic rings. The van der Waals surface area contributed by atoms with Crippen molar-refractivity contribution in [2.45, 2.75) is 18.9 Å². The summed E-state index contributed by atoms with van der Waals surface area (Å²) in [6.07, 6.45) is 6.68. The predicted octanol–water partition coefficient (Wildman–Crippen LogP) is 2.85. The van der Waals surface area contributed by atoms with Gasteiger partial charge in [-0.3, -0.25) is 18.9 Å². The zero-order valence-corrected chi connectivity index (χ0v) is 21.3. The third kappa shape index (κ3) is 5.05. The van der Waals surface area contributed by atoms with Gasteiger partial charge in [-0.2, -0.15) is 0 Å². The fourth-order valence-corrected chi connectivity index (χ4v) is 4.55. The molecule has 0 radical (unpaired) electrons. The molecule has 1 saturated heterocycles. The minimum atomic E-state index is -0.262. The summed E-state index contributed by atoms with van der Waals surface area (Å²) in [4.78, 5) is 42.7. The Morgan fingerprint density at radius 3 is 2.68 bits per heavy atom. The molecule has 4 heterocycles. The van der Waals surface area contributed by atoms with Gasteiger partial charge < -0.3 is 16.0 Å². The van der Waals surface area contributed by atoms with Gasteiger partial charge in [-0.05, 0) is 57.1 Å². The maximum absolute atomic E-state index is 12.9. The number of hydrogen-bond acceptors (Lipinski definition) is 7. The average Bonchev–Trinajstić information content (AvgIpc) is 3.55. The molecule has 10 heteroatoms. The monoisotopic (exact) mass is 508 g/mol. The van der Waals surface area contributed by atoms with E-state index in [1.54, 1.807) is 47.6 Å². The first-order valence-corrected chi connectivity index (χ1v) is 12.3. The third-order valence-electron chi connectivity index (χ3n) is 6.34. The largest absolute Gasteiger partial charge is 0.382 e. The summed E-state index contributed by atoms with van der Waals surface area (Å²) in [7, 11) is 3.82. The summed E-state index contributed by atoms with van der Waals surface area (Å²) in [6.45, 7) is 1.13. The van der Waals surface area contributed by atoms with E-state index in [0.29, 0.717) is 47.3 Å². The summed E-state index contributed by atoms with van der Waals surface area (Å²) in [5.41, 5.74) is 8.87. The number of hydrogen-bond donors (Lipinski definition) is 2. The molecule has 5 rings (SSSR count). The lowest BCUT2D eigenvalue weighted by molar-refractivity contribution is -0.126. The number of carbonyl (C=O) groups is 2. The van der Waals surface area contributed by atoms with Crippen LogP contribution in [0.15, 0.2) is 61.1 Å². The van der Waals surface area contributed by atoms with Crippen LogP contribution in [0, 0.1) is 11.8 Å². The van der Waals surface area contributed by atoms with Crippen LogP contribution in [0.1, 0.15) is 35.1 Å². The Bertz CT molecular complexity index is 1530. The van der Waals surface area contributed by atoms with Crippen LogP contribution in [0.5, 0.6) is 0 Å². The number of rotatable bonds is 5. The van der Waals surface area contributed by atoms with Crippen molar-refractivity contribution in [2.75, 3.05) is 38.2 Å².